The van der Waals surface area contributed by atoms with Crippen molar-refractivity contribution in [2.75, 3.05) is 7.11 Å². The average Bonchev–Trinajstić information content (AvgIpc) is 2.16. The normalized spacial score (nSPS) is 10.3. The van der Waals surface area contributed by atoms with Crippen LogP contribution in [-0.4, -0.2) is 12.0 Å². The highest BCUT2D eigenvalue weighted by Crippen LogP contribution is 2.34. The molecule has 14 heavy (non-hydrogen) atoms. The van der Waals surface area contributed by atoms with E-state index in [4.69, 9.17) is 4.74 Å². The molecular formula is C10H12NO3. The van der Waals surface area contributed by atoms with Gasteiger partial charge < -0.3 is 4.74 Å². The summed E-state index contributed by atoms with van der Waals surface area (Å²) in [6.07, 6.45) is 0. The van der Waals surface area contributed by atoms with Gasteiger partial charge in [-0.15, -0.1) is 0 Å². The molecule has 1 unspecified atom stereocenters. The van der Waals surface area contributed by atoms with E-state index in [0.717, 1.165) is 5.56 Å². The van der Waals surface area contributed by atoms with Crippen LogP contribution < -0.4 is 4.74 Å². The molecule has 0 fully saturated rings. The van der Waals surface area contributed by atoms with Crippen LogP contribution in [0.15, 0.2) is 18.2 Å². The summed E-state index contributed by atoms with van der Waals surface area (Å²) in [5.41, 5.74) is 0.738. The Kier molecular flexibility index (Phi) is 3.06. The first-order valence-corrected chi connectivity index (χ1v) is 4.22. The fraction of sp³-hybridized carbons (Fsp3) is 0.300. The van der Waals surface area contributed by atoms with E-state index in [-0.39, 0.29) is 11.6 Å². The Morgan fingerprint density at radius 1 is 1.57 bits per heavy atom. The Hall–Kier alpha value is -1.58. The zero-order valence-corrected chi connectivity index (χ0v) is 8.19. The highest BCUT2D eigenvalue weighted by molar-refractivity contribution is 5.53. The monoisotopic (exact) mass is 194 g/mol. The van der Waals surface area contributed by atoms with Crippen molar-refractivity contribution in [1.82, 2.24) is 0 Å². The Bertz CT molecular complexity index is 347. The summed E-state index contributed by atoms with van der Waals surface area (Å²) in [5, 5.41) is 10.7. The maximum Gasteiger partial charge on any atom is 0.311 e. The van der Waals surface area contributed by atoms with Crippen molar-refractivity contribution >= 4 is 5.69 Å². The molecule has 1 aromatic rings. The molecule has 0 bridgehead atoms. The smallest absolute Gasteiger partial charge is 0.311 e. The van der Waals surface area contributed by atoms with E-state index in [2.05, 4.69) is 6.92 Å². The molecule has 0 saturated heterocycles. The third-order valence-electron chi connectivity index (χ3n) is 1.96. The molecular weight excluding hydrogens is 182 g/mol. The second-order valence-corrected chi connectivity index (χ2v) is 3.06. The maximum atomic E-state index is 10.7. The fourth-order valence-corrected chi connectivity index (χ4v) is 1.30. The molecule has 75 valence electrons. The molecule has 1 aromatic carbocycles. The maximum absolute atomic E-state index is 10.7. The molecule has 0 amide bonds. The number of hydrogen-bond acceptors (Lipinski definition) is 3. The predicted octanol–water partition coefficient (Wildman–Crippen LogP) is 2.54. The van der Waals surface area contributed by atoms with Crippen molar-refractivity contribution < 1.29 is 9.66 Å². The Balaban J connectivity index is 3.32. The Labute approximate surface area is 82.7 Å². The van der Waals surface area contributed by atoms with Crippen molar-refractivity contribution in [1.29, 1.82) is 0 Å². The van der Waals surface area contributed by atoms with Gasteiger partial charge >= 0.3 is 5.69 Å². The van der Waals surface area contributed by atoms with Crippen LogP contribution in [0.2, 0.25) is 0 Å². The van der Waals surface area contributed by atoms with Gasteiger partial charge in [-0.3, -0.25) is 10.1 Å². The quantitative estimate of drug-likeness (QED) is 0.548. The number of nitro groups is 1. The highest BCUT2D eigenvalue weighted by Gasteiger charge is 2.19. The number of ether oxygens (including phenoxy) is 1. The van der Waals surface area contributed by atoms with E-state index in [1.165, 1.54) is 13.2 Å². The number of methoxy groups -OCH3 is 1. The number of benzene rings is 1. The van der Waals surface area contributed by atoms with Crippen LogP contribution in [0.4, 0.5) is 5.69 Å². The first kappa shape index (κ1) is 10.5. The minimum Gasteiger partial charge on any atom is -0.490 e. The molecule has 1 atom stereocenters. The third-order valence-corrected chi connectivity index (χ3v) is 1.96. The minimum atomic E-state index is -0.454. The summed E-state index contributed by atoms with van der Waals surface area (Å²) in [4.78, 5) is 10.2. The lowest BCUT2D eigenvalue weighted by atomic mass is 10.0. The van der Waals surface area contributed by atoms with Gasteiger partial charge in [0.05, 0.1) is 12.0 Å². The van der Waals surface area contributed by atoms with E-state index in [1.807, 2.05) is 6.92 Å². The first-order valence-electron chi connectivity index (χ1n) is 4.22. The van der Waals surface area contributed by atoms with Crippen molar-refractivity contribution in [3.05, 3.63) is 40.8 Å². The Morgan fingerprint density at radius 2 is 2.21 bits per heavy atom. The highest BCUT2D eigenvalue weighted by atomic mass is 16.6. The Morgan fingerprint density at radius 3 is 2.64 bits per heavy atom. The molecule has 0 heterocycles. The van der Waals surface area contributed by atoms with Gasteiger partial charge in [-0.1, -0.05) is 19.1 Å². The van der Waals surface area contributed by atoms with Crippen LogP contribution in [0.1, 0.15) is 18.4 Å². The zero-order chi connectivity index (χ0) is 10.7. The van der Waals surface area contributed by atoms with Gasteiger partial charge in [-0.2, -0.15) is 0 Å². The van der Waals surface area contributed by atoms with Gasteiger partial charge in [0.2, 0.25) is 0 Å². The van der Waals surface area contributed by atoms with E-state index in [1.54, 1.807) is 12.1 Å². The SMILES string of the molecule is [CH2]C(C)c1cccc([N+](=O)[O-])c1OC. The zero-order valence-electron chi connectivity index (χ0n) is 8.19. The molecule has 1 rings (SSSR count). The van der Waals surface area contributed by atoms with Crippen LogP contribution >= 0.6 is 0 Å². The number of nitrogens with zero attached hydrogens (tertiary/aromatic N) is 1. The lowest BCUT2D eigenvalue weighted by Crippen LogP contribution is -1.99. The topological polar surface area (TPSA) is 52.4 Å². The lowest BCUT2D eigenvalue weighted by molar-refractivity contribution is -0.385. The summed E-state index contributed by atoms with van der Waals surface area (Å²) in [6, 6.07) is 4.84. The first-order chi connectivity index (χ1) is 6.57. The molecule has 4 heteroatoms. The number of nitro benzene ring substituents is 1. The second kappa shape index (κ2) is 4.09. The van der Waals surface area contributed by atoms with E-state index in [0.29, 0.717) is 5.75 Å². The minimum absolute atomic E-state index is 0.0134. The van der Waals surface area contributed by atoms with Crippen molar-refractivity contribution in [3.8, 4) is 5.75 Å². The summed E-state index contributed by atoms with van der Waals surface area (Å²) >= 11 is 0. The molecule has 0 saturated carbocycles. The number of para-hydroxylation sites is 1. The molecule has 0 spiro atoms. The number of hydrogen-bond donors (Lipinski definition) is 0. The molecule has 0 N–H and O–H groups in total. The predicted molar refractivity (Wildman–Crippen MR) is 53.4 cm³/mol. The molecule has 0 aliphatic rings. The largest absolute Gasteiger partial charge is 0.490 e. The van der Waals surface area contributed by atoms with Crippen molar-refractivity contribution in [2.45, 2.75) is 12.8 Å². The van der Waals surface area contributed by atoms with E-state index < -0.39 is 4.92 Å². The molecule has 1 radical (unpaired) electrons. The second-order valence-electron chi connectivity index (χ2n) is 3.06. The standard InChI is InChI=1S/C10H12NO3/c1-7(2)8-5-4-6-9(11(12)13)10(8)14-3/h4-7H,1H2,2-3H3. The van der Waals surface area contributed by atoms with Crippen LogP contribution in [0, 0.1) is 17.0 Å². The van der Waals surface area contributed by atoms with Crippen LogP contribution in [0.25, 0.3) is 0 Å². The third kappa shape index (κ3) is 1.84. The molecule has 0 aliphatic carbocycles. The van der Waals surface area contributed by atoms with Crippen LogP contribution in [0.5, 0.6) is 5.75 Å². The van der Waals surface area contributed by atoms with Gasteiger partial charge in [0.15, 0.2) is 5.75 Å². The van der Waals surface area contributed by atoms with E-state index >= 15 is 0 Å². The summed E-state index contributed by atoms with van der Waals surface area (Å²) < 4.78 is 5.02. The number of rotatable bonds is 3. The lowest BCUT2D eigenvalue weighted by Gasteiger charge is -2.10. The van der Waals surface area contributed by atoms with Gasteiger partial charge in [-0.25, -0.2) is 0 Å². The summed E-state index contributed by atoms with van der Waals surface area (Å²) in [5.74, 6) is 0.268. The van der Waals surface area contributed by atoms with Crippen molar-refractivity contribution in [2.24, 2.45) is 0 Å². The summed E-state index contributed by atoms with van der Waals surface area (Å²) in [7, 11) is 1.42. The van der Waals surface area contributed by atoms with E-state index in [9.17, 15) is 10.1 Å². The summed E-state index contributed by atoms with van der Waals surface area (Å²) in [6.45, 7) is 5.68. The van der Waals surface area contributed by atoms with Gasteiger partial charge in [0, 0.05) is 11.6 Å². The van der Waals surface area contributed by atoms with Crippen LogP contribution in [-0.2, 0) is 0 Å². The van der Waals surface area contributed by atoms with Gasteiger partial charge in [-0.05, 0) is 12.8 Å². The van der Waals surface area contributed by atoms with Gasteiger partial charge in [0.1, 0.15) is 0 Å². The average molecular weight is 194 g/mol. The van der Waals surface area contributed by atoms with Crippen molar-refractivity contribution in [3.63, 3.8) is 0 Å². The fourth-order valence-electron chi connectivity index (χ4n) is 1.30. The van der Waals surface area contributed by atoms with Gasteiger partial charge in [0.25, 0.3) is 0 Å². The molecule has 0 aromatic heterocycles. The van der Waals surface area contributed by atoms with Crippen LogP contribution in [0.3, 0.4) is 0 Å². The molecule has 4 nitrogen and oxygen atoms in total. The molecule has 0 aliphatic heterocycles.